The Balaban J connectivity index is 1.75. The Kier molecular flexibility index (Phi) is 4.81. The van der Waals surface area contributed by atoms with Crippen molar-refractivity contribution >= 4 is 34.0 Å². The summed E-state index contributed by atoms with van der Waals surface area (Å²) in [4.78, 5) is 25.7. The van der Waals surface area contributed by atoms with Gasteiger partial charge in [0, 0.05) is 10.5 Å². The molecule has 3 rings (SSSR count). The quantitative estimate of drug-likeness (QED) is 0.726. The third kappa shape index (κ3) is 3.41. The number of hydrogen-bond acceptors (Lipinski definition) is 3. The zero-order valence-corrected chi connectivity index (χ0v) is 14.6. The Hall–Kier alpha value is -2.40. The third-order valence-corrected chi connectivity index (χ3v) is 4.45. The second kappa shape index (κ2) is 7.01. The second-order valence-corrected chi connectivity index (χ2v) is 6.46. The summed E-state index contributed by atoms with van der Waals surface area (Å²) >= 11 is 3.36. The zero-order chi connectivity index (χ0) is 17.1. The number of carbonyl (C=O) groups is 2. The molecule has 122 valence electrons. The predicted molar refractivity (Wildman–Crippen MR) is 95.1 cm³/mol. The maximum atomic E-state index is 12.4. The summed E-state index contributed by atoms with van der Waals surface area (Å²) in [6.45, 7) is 1.81. The van der Waals surface area contributed by atoms with E-state index in [4.69, 9.17) is 4.74 Å². The fourth-order valence-corrected chi connectivity index (χ4v) is 2.93. The summed E-state index contributed by atoms with van der Waals surface area (Å²) in [5.41, 5.74) is 1.76. The first kappa shape index (κ1) is 16.5. The van der Waals surface area contributed by atoms with Gasteiger partial charge in [0.25, 0.3) is 5.91 Å². The van der Waals surface area contributed by atoms with Gasteiger partial charge in [-0.25, -0.2) is 9.69 Å². The maximum Gasteiger partial charge on any atom is 0.417 e. The van der Waals surface area contributed by atoms with Crippen LogP contribution in [0, 0.1) is 0 Å². The van der Waals surface area contributed by atoms with E-state index in [1.807, 2.05) is 61.5 Å². The molecule has 5 heteroatoms. The number of halogens is 1. The van der Waals surface area contributed by atoms with Gasteiger partial charge in [0.2, 0.25) is 0 Å². The molecule has 0 aliphatic carbocycles. The molecule has 1 saturated heterocycles. The van der Waals surface area contributed by atoms with Gasteiger partial charge in [0.15, 0.2) is 0 Å². The monoisotopic (exact) mass is 385 g/mol. The minimum Gasteiger partial charge on any atom is -0.439 e. The van der Waals surface area contributed by atoms with Crippen LogP contribution in [-0.4, -0.2) is 22.9 Å². The Labute approximate surface area is 148 Å². The molecule has 0 saturated carbocycles. The third-order valence-electron chi connectivity index (χ3n) is 3.92. The lowest BCUT2D eigenvalue weighted by Gasteiger charge is -2.17. The number of cyclic esters (lactones) is 1. The fourth-order valence-electron chi connectivity index (χ4n) is 2.67. The lowest BCUT2D eigenvalue weighted by molar-refractivity contribution is -0.124. The average molecular weight is 386 g/mol. The average Bonchev–Trinajstić information content (AvgIpc) is 2.89. The van der Waals surface area contributed by atoms with E-state index in [1.165, 1.54) is 6.08 Å². The van der Waals surface area contributed by atoms with E-state index in [2.05, 4.69) is 15.9 Å². The van der Waals surface area contributed by atoms with Crippen LogP contribution >= 0.6 is 15.9 Å². The summed E-state index contributed by atoms with van der Waals surface area (Å²) in [6, 6.07) is 16.6. The van der Waals surface area contributed by atoms with Crippen LogP contribution in [0.1, 0.15) is 24.2 Å². The smallest absolute Gasteiger partial charge is 0.417 e. The number of carbonyl (C=O) groups excluding carboxylic acids is 2. The molecular formula is C19H16BrNO3. The van der Waals surface area contributed by atoms with Crippen LogP contribution < -0.4 is 0 Å². The molecule has 2 amide bonds. The number of amides is 2. The fraction of sp³-hybridized carbons (Fsp3) is 0.158. The van der Waals surface area contributed by atoms with Crippen LogP contribution in [0.2, 0.25) is 0 Å². The molecule has 1 aliphatic rings. The van der Waals surface area contributed by atoms with Crippen LogP contribution in [-0.2, 0) is 9.53 Å². The van der Waals surface area contributed by atoms with Crippen molar-refractivity contribution in [3.05, 3.63) is 76.3 Å². The molecule has 0 bridgehead atoms. The van der Waals surface area contributed by atoms with E-state index in [0.29, 0.717) is 0 Å². The lowest BCUT2D eigenvalue weighted by atomic mass is 10.0. The number of ether oxygens (including phenoxy) is 1. The van der Waals surface area contributed by atoms with Gasteiger partial charge >= 0.3 is 6.09 Å². The number of rotatable bonds is 3. The highest BCUT2D eigenvalue weighted by Gasteiger charge is 2.42. The van der Waals surface area contributed by atoms with Crippen LogP contribution in [0.5, 0.6) is 0 Å². The van der Waals surface area contributed by atoms with Crippen molar-refractivity contribution < 1.29 is 14.3 Å². The van der Waals surface area contributed by atoms with Gasteiger partial charge in [-0.2, -0.15) is 0 Å². The second-order valence-electron chi connectivity index (χ2n) is 5.55. The molecule has 2 aromatic carbocycles. The van der Waals surface area contributed by atoms with Gasteiger partial charge in [0.05, 0.1) is 6.04 Å². The molecular weight excluding hydrogens is 370 g/mol. The van der Waals surface area contributed by atoms with Crippen molar-refractivity contribution in [1.29, 1.82) is 0 Å². The van der Waals surface area contributed by atoms with Crippen LogP contribution in [0.4, 0.5) is 4.79 Å². The normalized spacial score (nSPS) is 20.4. The number of imide groups is 1. The molecule has 4 nitrogen and oxygen atoms in total. The SMILES string of the molecule is C[C@@H]1[C@@H](c2ccccc2)OC(=O)N1C(=O)C=Cc1ccc(Br)cc1. The molecule has 2 atom stereocenters. The molecule has 1 fully saturated rings. The van der Waals surface area contributed by atoms with Crippen molar-refractivity contribution in [1.82, 2.24) is 4.90 Å². The van der Waals surface area contributed by atoms with Crippen LogP contribution in [0.3, 0.4) is 0 Å². The topological polar surface area (TPSA) is 46.6 Å². The van der Waals surface area contributed by atoms with Crippen molar-refractivity contribution in [3.8, 4) is 0 Å². The molecule has 24 heavy (non-hydrogen) atoms. The van der Waals surface area contributed by atoms with Gasteiger partial charge in [-0.05, 0) is 36.3 Å². The van der Waals surface area contributed by atoms with E-state index in [1.54, 1.807) is 6.08 Å². The van der Waals surface area contributed by atoms with Gasteiger partial charge in [-0.15, -0.1) is 0 Å². The van der Waals surface area contributed by atoms with E-state index < -0.39 is 12.2 Å². The lowest BCUT2D eigenvalue weighted by Crippen LogP contribution is -2.36. The Morgan fingerprint density at radius 3 is 2.46 bits per heavy atom. The molecule has 0 unspecified atom stereocenters. The highest BCUT2D eigenvalue weighted by Crippen LogP contribution is 2.32. The van der Waals surface area contributed by atoms with Crippen molar-refractivity contribution in [2.75, 3.05) is 0 Å². The maximum absolute atomic E-state index is 12.4. The Bertz CT molecular complexity index is 771. The number of benzene rings is 2. The summed E-state index contributed by atoms with van der Waals surface area (Å²) in [5.74, 6) is -0.381. The highest BCUT2D eigenvalue weighted by atomic mass is 79.9. The summed E-state index contributed by atoms with van der Waals surface area (Å²) in [6.07, 6.45) is 2.03. The minimum atomic E-state index is -0.609. The van der Waals surface area contributed by atoms with Crippen LogP contribution in [0.25, 0.3) is 6.08 Å². The van der Waals surface area contributed by atoms with Gasteiger partial charge in [0.1, 0.15) is 6.10 Å². The summed E-state index contributed by atoms with van der Waals surface area (Å²) < 4.78 is 6.35. The Morgan fingerprint density at radius 1 is 1.12 bits per heavy atom. The van der Waals surface area contributed by atoms with Crippen molar-refractivity contribution in [3.63, 3.8) is 0 Å². The predicted octanol–water partition coefficient (Wildman–Crippen LogP) is 4.57. The highest BCUT2D eigenvalue weighted by molar-refractivity contribution is 9.10. The van der Waals surface area contributed by atoms with Crippen molar-refractivity contribution in [2.24, 2.45) is 0 Å². The first-order valence-electron chi connectivity index (χ1n) is 7.58. The van der Waals surface area contributed by atoms with Gasteiger partial charge < -0.3 is 4.74 Å². The first-order chi connectivity index (χ1) is 11.6. The molecule has 0 spiro atoms. The van der Waals surface area contributed by atoms with Crippen LogP contribution in [0.15, 0.2) is 65.1 Å². The number of hydrogen-bond donors (Lipinski definition) is 0. The molecule has 0 aromatic heterocycles. The van der Waals surface area contributed by atoms with Gasteiger partial charge in [-0.3, -0.25) is 4.79 Å². The zero-order valence-electron chi connectivity index (χ0n) is 13.1. The van der Waals surface area contributed by atoms with Gasteiger partial charge in [-0.1, -0.05) is 58.4 Å². The summed E-state index contributed by atoms with van der Waals surface area (Å²) in [5, 5.41) is 0. The van der Waals surface area contributed by atoms with E-state index in [-0.39, 0.29) is 11.9 Å². The largest absolute Gasteiger partial charge is 0.439 e. The van der Waals surface area contributed by atoms with Crippen molar-refractivity contribution in [2.45, 2.75) is 19.1 Å². The molecule has 0 radical (unpaired) electrons. The Morgan fingerprint density at radius 2 is 1.79 bits per heavy atom. The summed E-state index contributed by atoms with van der Waals surface area (Å²) in [7, 11) is 0. The molecule has 0 N–H and O–H groups in total. The standard InChI is InChI=1S/C19H16BrNO3/c1-13-18(15-5-3-2-4-6-15)24-19(23)21(13)17(22)12-9-14-7-10-16(20)11-8-14/h2-13,18H,1H3/t13-,18+/m1/s1. The molecule has 1 aliphatic heterocycles. The number of nitrogens with zero attached hydrogens (tertiary/aromatic N) is 1. The van der Waals surface area contributed by atoms with E-state index >= 15 is 0 Å². The molecule has 1 heterocycles. The first-order valence-corrected chi connectivity index (χ1v) is 8.38. The van der Waals surface area contributed by atoms with E-state index in [9.17, 15) is 9.59 Å². The molecule has 2 aromatic rings. The minimum absolute atomic E-state index is 0.359. The van der Waals surface area contributed by atoms with E-state index in [0.717, 1.165) is 20.5 Å².